The third-order valence-electron chi connectivity index (χ3n) is 4.98. The number of hydrogen-bond donors (Lipinski definition) is 2. The summed E-state index contributed by atoms with van der Waals surface area (Å²) in [4.78, 5) is 0. The van der Waals surface area contributed by atoms with Crippen molar-refractivity contribution in [3.63, 3.8) is 0 Å². The maximum Gasteiger partial charge on any atom is 0.279 e. The standard InChI is InChI=1S/C14H29N3O2S/c1-11-3-4-14(12(2)9-11)16-20(18,19)17-7-5-13(10-15)6-8-17/h11-14,16H,3-10,15H2,1-2H3. The van der Waals surface area contributed by atoms with Gasteiger partial charge in [-0.15, -0.1) is 0 Å². The lowest BCUT2D eigenvalue weighted by atomic mass is 9.80. The fraction of sp³-hybridized carbons (Fsp3) is 1.00. The minimum atomic E-state index is -3.32. The summed E-state index contributed by atoms with van der Waals surface area (Å²) in [6, 6.07) is 0.100. The highest BCUT2D eigenvalue weighted by Crippen LogP contribution is 2.29. The van der Waals surface area contributed by atoms with Crippen molar-refractivity contribution in [2.45, 2.75) is 52.0 Å². The van der Waals surface area contributed by atoms with Crippen LogP contribution < -0.4 is 10.5 Å². The average Bonchev–Trinajstić information content (AvgIpc) is 2.42. The molecule has 1 heterocycles. The number of nitrogens with one attached hydrogen (secondary N) is 1. The molecule has 1 aliphatic carbocycles. The van der Waals surface area contributed by atoms with E-state index < -0.39 is 10.2 Å². The van der Waals surface area contributed by atoms with Gasteiger partial charge in [-0.2, -0.15) is 17.4 Å². The molecule has 3 unspecified atom stereocenters. The molecule has 5 nitrogen and oxygen atoms in total. The van der Waals surface area contributed by atoms with Crippen LogP contribution in [0.15, 0.2) is 0 Å². The van der Waals surface area contributed by atoms with Gasteiger partial charge in [0.15, 0.2) is 0 Å². The SMILES string of the molecule is CC1CCC(NS(=O)(=O)N2CCC(CN)CC2)C(C)C1. The monoisotopic (exact) mass is 303 g/mol. The Hall–Kier alpha value is -0.170. The van der Waals surface area contributed by atoms with Gasteiger partial charge in [0.1, 0.15) is 0 Å². The molecule has 2 rings (SSSR count). The van der Waals surface area contributed by atoms with Gasteiger partial charge in [-0.25, -0.2) is 0 Å². The van der Waals surface area contributed by atoms with Crippen molar-refractivity contribution < 1.29 is 8.42 Å². The Labute approximate surface area is 123 Å². The van der Waals surface area contributed by atoms with Crippen molar-refractivity contribution in [2.75, 3.05) is 19.6 Å². The van der Waals surface area contributed by atoms with Gasteiger partial charge in [0.05, 0.1) is 0 Å². The molecule has 1 saturated heterocycles. The molecule has 118 valence electrons. The Bertz CT molecular complexity index is 405. The summed E-state index contributed by atoms with van der Waals surface area (Å²) in [6.45, 7) is 6.28. The molecule has 1 aliphatic heterocycles. The minimum Gasteiger partial charge on any atom is -0.330 e. The van der Waals surface area contributed by atoms with Crippen LogP contribution in [0.2, 0.25) is 0 Å². The maximum atomic E-state index is 12.5. The second-order valence-corrected chi connectivity index (χ2v) is 8.41. The third-order valence-corrected chi connectivity index (χ3v) is 6.62. The van der Waals surface area contributed by atoms with Crippen molar-refractivity contribution in [3.8, 4) is 0 Å². The van der Waals surface area contributed by atoms with Gasteiger partial charge in [-0.3, -0.25) is 0 Å². The Morgan fingerprint density at radius 3 is 2.35 bits per heavy atom. The lowest BCUT2D eigenvalue weighted by molar-refractivity contribution is 0.237. The van der Waals surface area contributed by atoms with E-state index in [1.807, 2.05) is 0 Å². The summed E-state index contributed by atoms with van der Waals surface area (Å²) in [6.07, 6.45) is 4.96. The van der Waals surface area contributed by atoms with E-state index in [2.05, 4.69) is 18.6 Å². The van der Waals surface area contributed by atoms with Crippen molar-refractivity contribution in [3.05, 3.63) is 0 Å². The van der Waals surface area contributed by atoms with E-state index in [1.165, 1.54) is 0 Å². The van der Waals surface area contributed by atoms with Crippen LogP contribution in [0.25, 0.3) is 0 Å². The molecule has 0 aromatic heterocycles. The topological polar surface area (TPSA) is 75.4 Å². The number of rotatable bonds is 4. The van der Waals surface area contributed by atoms with Crippen LogP contribution in [-0.4, -0.2) is 38.4 Å². The molecule has 2 fully saturated rings. The van der Waals surface area contributed by atoms with E-state index in [4.69, 9.17) is 5.73 Å². The fourth-order valence-electron chi connectivity index (χ4n) is 3.49. The Balaban J connectivity index is 1.91. The first-order valence-corrected chi connectivity index (χ1v) is 9.34. The lowest BCUT2D eigenvalue weighted by Gasteiger charge is -2.36. The lowest BCUT2D eigenvalue weighted by Crippen LogP contribution is -2.51. The van der Waals surface area contributed by atoms with E-state index in [9.17, 15) is 8.42 Å². The quantitative estimate of drug-likeness (QED) is 0.822. The summed E-state index contributed by atoms with van der Waals surface area (Å²) in [5.74, 6) is 1.62. The van der Waals surface area contributed by atoms with Crippen molar-refractivity contribution >= 4 is 10.2 Å². The maximum absolute atomic E-state index is 12.5. The van der Waals surface area contributed by atoms with Gasteiger partial charge in [-0.1, -0.05) is 13.8 Å². The Morgan fingerprint density at radius 2 is 1.80 bits per heavy atom. The zero-order valence-corrected chi connectivity index (χ0v) is 13.5. The molecule has 0 spiro atoms. The van der Waals surface area contributed by atoms with Crippen LogP contribution in [0.4, 0.5) is 0 Å². The van der Waals surface area contributed by atoms with E-state index in [0.717, 1.165) is 32.1 Å². The first-order chi connectivity index (χ1) is 9.42. The van der Waals surface area contributed by atoms with Gasteiger partial charge < -0.3 is 5.73 Å². The number of nitrogens with zero attached hydrogens (tertiary/aromatic N) is 1. The predicted molar refractivity (Wildman–Crippen MR) is 81.4 cm³/mol. The molecule has 2 aliphatic rings. The van der Waals surface area contributed by atoms with Gasteiger partial charge >= 0.3 is 0 Å². The summed E-state index contributed by atoms with van der Waals surface area (Å²) in [5, 5.41) is 0. The predicted octanol–water partition coefficient (Wildman–Crippen LogP) is 1.32. The number of hydrogen-bond acceptors (Lipinski definition) is 3. The number of nitrogens with two attached hydrogens (primary N) is 1. The molecule has 0 radical (unpaired) electrons. The smallest absolute Gasteiger partial charge is 0.279 e. The van der Waals surface area contributed by atoms with E-state index in [1.54, 1.807) is 4.31 Å². The average molecular weight is 303 g/mol. The van der Waals surface area contributed by atoms with Crippen LogP contribution in [0.1, 0.15) is 46.0 Å². The van der Waals surface area contributed by atoms with Gasteiger partial charge in [0.25, 0.3) is 10.2 Å². The van der Waals surface area contributed by atoms with E-state index in [0.29, 0.717) is 37.4 Å². The second kappa shape index (κ2) is 6.73. The summed E-state index contributed by atoms with van der Waals surface area (Å²) in [5.41, 5.74) is 5.65. The normalized spacial score (nSPS) is 34.2. The minimum absolute atomic E-state index is 0.100. The Kier molecular flexibility index (Phi) is 5.45. The second-order valence-electron chi connectivity index (χ2n) is 6.70. The first kappa shape index (κ1) is 16.2. The highest BCUT2D eigenvalue weighted by Gasteiger charge is 2.33. The molecule has 0 aromatic rings. The highest BCUT2D eigenvalue weighted by molar-refractivity contribution is 7.87. The van der Waals surface area contributed by atoms with Gasteiger partial charge in [0.2, 0.25) is 0 Å². The van der Waals surface area contributed by atoms with Crippen LogP contribution in [0.5, 0.6) is 0 Å². The molecule has 20 heavy (non-hydrogen) atoms. The molecule has 1 saturated carbocycles. The van der Waals surface area contributed by atoms with Crippen LogP contribution in [-0.2, 0) is 10.2 Å². The summed E-state index contributed by atoms with van der Waals surface area (Å²) in [7, 11) is -3.32. The summed E-state index contributed by atoms with van der Waals surface area (Å²) < 4.78 is 29.5. The molecule has 0 aromatic carbocycles. The third kappa shape index (κ3) is 3.93. The molecule has 3 N–H and O–H groups in total. The molecular formula is C14H29N3O2S. The van der Waals surface area contributed by atoms with E-state index >= 15 is 0 Å². The van der Waals surface area contributed by atoms with Crippen molar-refractivity contribution in [1.29, 1.82) is 0 Å². The molecule has 6 heteroatoms. The van der Waals surface area contributed by atoms with Crippen molar-refractivity contribution in [2.24, 2.45) is 23.5 Å². The molecular weight excluding hydrogens is 274 g/mol. The van der Waals surface area contributed by atoms with Crippen LogP contribution in [0, 0.1) is 17.8 Å². The molecule has 0 amide bonds. The highest BCUT2D eigenvalue weighted by atomic mass is 32.2. The largest absolute Gasteiger partial charge is 0.330 e. The fourth-order valence-corrected chi connectivity index (χ4v) is 5.06. The molecule has 0 bridgehead atoms. The number of piperidine rings is 1. The first-order valence-electron chi connectivity index (χ1n) is 7.90. The Morgan fingerprint density at radius 1 is 1.15 bits per heavy atom. The van der Waals surface area contributed by atoms with Crippen LogP contribution in [0.3, 0.4) is 0 Å². The van der Waals surface area contributed by atoms with Gasteiger partial charge in [-0.05, 0) is 56.4 Å². The zero-order chi connectivity index (χ0) is 14.8. The van der Waals surface area contributed by atoms with Crippen molar-refractivity contribution in [1.82, 2.24) is 9.03 Å². The zero-order valence-electron chi connectivity index (χ0n) is 12.7. The van der Waals surface area contributed by atoms with Crippen LogP contribution >= 0.6 is 0 Å². The summed E-state index contributed by atoms with van der Waals surface area (Å²) >= 11 is 0. The van der Waals surface area contributed by atoms with E-state index in [-0.39, 0.29) is 6.04 Å². The molecule has 3 atom stereocenters. The van der Waals surface area contributed by atoms with Gasteiger partial charge in [0, 0.05) is 19.1 Å².